The number of para-hydroxylation sites is 1. The molecule has 0 fully saturated rings. The summed E-state index contributed by atoms with van der Waals surface area (Å²) in [6.45, 7) is 3.06. The highest BCUT2D eigenvalue weighted by atomic mass is 32.2. The topological polar surface area (TPSA) is 15.7 Å². The number of nitrogens with zero attached hydrogens (tertiary/aromatic N) is 2. The second-order valence-corrected chi connectivity index (χ2v) is 7.53. The molecule has 1 atom stereocenters. The molecule has 0 radical (unpaired) electrons. The summed E-state index contributed by atoms with van der Waals surface area (Å²) in [4.78, 5) is 3.25. The van der Waals surface area contributed by atoms with Crippen LogP contribution in [0.2, 0.25) is 0 Å². The summed E-state index contributed by atoms with van der Waals surface area (Å²) < 4.78 is 21.9. The number of rotatable bonds is 5. The normalized spacial score (nSPS) is 17.9. The van der Waals surface area contributed by atoms with Crippen LogP contribution < -0.4 is 9.64 Å². The highest BCUT2D eigenvalue weighted by Gasteiger charge is 2.28. The van der Waals surface area contributed by atoms with Gasteiger partial charge in [0.05, 0.1) is 17.7 Å². The molecule has 134 valence electrons. The summed E-state index contributed by atoms with van der Waals surface area (Å²) in [6.07, 6.45) is 3.49. The number of benzene rings is 2. The third-order valence-electron chi connectivity index (χ3n) is 4.63. The van der Waals surface area contributed by atoms with Gasteiger partial charge in [-0.15, -0.1) is 0 Å². The number of fused-ring (bicyclic) bond motifs is 1. The first kappa shape index (κ1) is 18.1. The van der Waals surface area contributed by atoms with Gasteiger partial charge < -0.3 is 9.64 Å². The van der Waals surface area contributed by atoms with Gasteiger partial charge in [0.25, 0.3) is 0 Å². The highest BCUT2D eigenvalue weighted by molar-refractivity contribution is 7.97. The van der Waals surface area contributed by atoms with Gasteiger partial charge in [-0.2, -0.15) is 0 Å². The molecule has 0 aromatic heterocycles. The Balaban J connectivity index is 2.05. The Bertz CT molecular complexity index is 710. The molecule has 5 heteroatoms. The zero-order valence-corrected chi connectivity index (χ0v) is 15.9. The third kappa shape index (κ3) is 3.93. The Kier molecular flexibility index (Phi) is 5.86. The predicted octanol–water partition coefficient (Wildman–Crippen LogP) is 5.48. The number of hydrogen-bond donors (Lipinski definition) is 0. The van der Waals surface area contributed by atoms with E-state index < -0.39 is 0 Å². The van der Waals surface area contributed by atoms with Crippen molar-refractivity contribution < 1.29 is 9.13 Å². The molecule has 0 aliphatic carbocycles. The first-order valence-electron chi connectivity index (χ1n) is 8.75. The lowest BCUT2D eigenvalue weighted by atomic mass is 10.1. The van der Waals surface area contributed by atoms with E-state index in [1.807, 2.05) is 24.3 Å². The number of ether oxygens (including phenoxy) is 1. The van der Waals surface area contributed by atoms with E-state index in [-0.39, 0.29) is 5.82 Å². The van der Waals surface area contributed by atoms with Crippen molar-refractivity contribution in [3.8, 4) is 5.75 Å². The summed E-state index contributed by atoms with van der Waals surface area (Å²) >= 11 is 1.67. The largest absolute Gasteiger partial charge is 0.494 e. The second kappa shape index (κ2) is 8.11. The molecule has 1 heterocycles. The molecule has 0 saturated heterocycles. The van der Waals surface area contributed by atoms with Crippen molar-refractivity contribution in [2.75, 3.05) is 25.6 Å². The van der Waals surface area contributed by atoms with Gasteiger partial charge in [-0.1, -0.05) is 38.0 Å². The van der Waals surface area contributed by atoms with Crippen LogP contribution >= 0.6 is 11.9 Å². The molecule has 0 spiro atoms. The smallest absolute Gasteiger partial charge is 0.167 e. The van der Waals surface area contributed by atoms with Gasteiger partial charge in [0.2, 0.25) is 0 Å². The molecule has 2 aromatic carbocycles. The molecular weight excluding hydrogens is 335 g/mol. The number of likely N-dealkylation sites (N-methyl/N-ethyl adjacent to an activating group) is 1. The van der Waals surface area contributed by atoms with Crippen LogP contribution in [0.1, 0.15) is 26.2 Å². The van der Waals surface area contributed by atoms with E-state index in [0.29, 0.717) is 11.8 Å². The lowest BCUT2D eigenvalue weighted by molar-refractivity contribution is 0.382. The lowest BCUT2D eigenvalue weighted by Crippen LogP contribution is -2.35. The van der Waals surface area contributed by atoms with Gasteiger partial charge in [0, 0.05) is 30.4 Å². The van der Waals surface area contributed by atoms with Crippen LogP contribution in [0.3, 0.4) is 0 Å². The SMILES string of the molecule is CCCCC1CN(c2ccccc2)c2cc(F)c(OC)cc2SN1C. The fourth-order valence-electron chi connectivity index (χ4n) is 3.18. The molecule has 0 saturated carbocycles. The minimum atomic E-state index is -0.322. The lowest BCUT2D eigenvalue weighted by Gasteiger charge is -2.30. The van der Waals surface area contributed by atoms with Crippen molar-refractivity contribution in [3.05, 3.63) is 48.3 Å². The molecule has 1 aliphatic heterocycles. The van der Waals surface area contributed by atoms with Crippen LogP contribution in [0.4, 0.5) is 15.8 Å². The summed E-state index contributed by atoms with van der Waals surface area (Å²) in [6, 6.07) is 14.0. The van der Waals surface area contributed by atoms with Crippen LogP contribution in [0.5, 0.6) is 5.75 Å². The van der Waals surface area contributed by atoms with Crippen molar-refractivity contribution in [2.24, 2.45) is 0 Å². The molecule has 0 N–H and O–H groups in total. The molecule has 2 aromatic rings. The number of hydrogen-bond acceptors (Lipinski definition) is 4. The number of halogens is 1. The van der Waals surface area contributed by atoms with Crippen molar-refractivity contribution in [1.82, 2.24) is 4.31 Å². The first-order valence-corrected chi connectivity index (χ1v) is 9.52. The van der Waals surface area contributed by atoms with Crippen molar-refractivity contribution in [1.29, 1.82) is 0 Å². The van der Waals surface area contributed by atoms with Gasteiger partial charge >= 0.3 is 0 Å². The minimum absolute atomic E-state index is 0.291. The Morgan fingerprint density at radius 1 is 1.24 bits per heavy atom. The fraction of sp³-hybridized carbons (Fsp3) is 0.400. The standard InChI is InChI=1S/C20H25FN2OS/c1-4-5-9-16-14-23(15-10-7-6-8-11-15)18-12-17(21)19(24-3)13-20(18)25-22(16)2/h6-8,10-13,16H,4-5,9,14H2,1-3H3. The second-order valence-electron chi connectivity index (χ2n) is 6.33. The quantitative estimate of drug-likeness (QED) is 0.656. The minimum Gasteiger partial charge on any atom is -0.494 e. The van der Waals surface area contributed by atoms with Gasteiger partial charge in [-0.25, -0.2) is 8.70 Å². The molecule has 1 unspecified atom stereocenters. The highest BCUT2D eigenvalue weighted by Crippen LogP contribution is 2.43. The molecule has 0 bridgehead atoms. The van der Waals surface area contributed by atoms with Crippen LogP contribution in [0.15, 0.2) is 47.4 Å². The van der Waals surface area contributed by atoms with Crippen LogP contribution in [-0.4, -0.2) is 31.0 Å². The van der Waals surface area contributed by atoms with Crippen molar-refractivity contribution >= 4 is 23.3 Å². The summed E-state index contributed by atoms with van der Waals surface area (Å²) in [5.74, 6) is -0.0305. The van der Waals surface area contributed by atoms with Crippen molar-refractivity contribution in [3.63, 3.8) is 0 Å². The molecule has 25 heavy (non-hydrogen) atoms. The van der Waals surface area contributed by atoms with Gasteiger partial charge in [0.15, 0.2) is 11.6 Å². The van der Waals surface area contributed by atoms with Crippen LogP contribution in [-0.2, 0) is 0 Å². The van der Waals surface area contributed by atoms with E-state index in [0.717, 1.165) is 29.2 Å². The average molecular weight is 360 g/mol. The Labute approximate surface area is 153 Å². The average Bonchev–Trinajstić information content (AvgIpc) is 2.76. The van der Waals surface area contributed by atoms with E-state index >= 15 is 0 Å². The van der Waals surface area contributed by atoms with Crippen molar-refractivity contribution in [2.45, 2.75) is 37.1 Å². The van der Waals surface area contributed by atoms with Gasteiger partial charge in [-0.3, -0.25) is 0 Å². The monoisotopic (exact) mass is 360 g/mol. The predicted molar refractivity (Wildman–Crippen MR) is 103 cm³/mol. The molecule has 3 nitrogen and oxygen atoms in total. The number of anilines is 2. The van der Waals surface area contributed by atoms with Gasteiger partial charge in [-0.05, 0) is 37.5 Å². The van der Waals surface area contributed by atoms with E-state index in [4.69, 9.17) is 4.74 Å². The zero-order valence-electron chi connectivity index (χ0n) is 15.0. The maximum atomic E-state index is 14.4. The molecule has 3 rings (SSSR count). The number of methoxy groups -OCH3 is 1. The van der Waals surface area contributed by atoms with Crippen LogP contribution in [0, 0.1) is 5.82 Å². The molecule has 0 amide bonds. The van der Waals surface area contributed by atoms with E-state index in [1.165, 1.54) is 20.0 Å². The molecule has 1 aliphatic rings. The fourth-order valence-corrected chi connectivity index (χ4v) is 4.24. The van der Waals surface area contributed by atoms with Gasteiger partial charge in [0.1, 0.15) is 0 Å². The van der Waals surface area contributed by atoms with E-state index in [2.05, 4.69) is 35.3 Å². The Morgan fingerprint density at radius 2 is 2.00 bits per heavy atom. The van der Waals surface area contributed by atoms with E-state index in [9.17, 15) is 4.39 Å². The maximum Gasteiger partial charge on any atom is 0.167 e. The first-order chi connectivity index (χ1) is 12.1. The summed E-state index contributed by atoms with van der Waals surface area (Å²) in [5, 5.41) is 0. The summed E-state index contributed by atoms with van der Waals surface area (Å²) in [5.41, 5.74) is 1.99. The zero-order chi connectivity index (χ0) is 17.8. The number of unbranched alkanes of at least 4 members (excludes halogenated alkanes) is 1. The molecular formula is C20H25FN2OS. The third-order valence-corrected chi connectivity index (χ3v) is 5.74. The summed E-state index contributed by atoms with van der Waals surface area (Å²) in [7, 11) is 3.63. The van der Waals surface area contributed by atoms with Crippen LogP contribution in [0.25, 0.3) is 0 Å². The Morgan fingerprint density at radius 3 is 2.68 bits per heavy atom. The maximum absolute atomic E-state index is 14.4. The Hall–Kier alpha value is -1.72. The van der Waals surface area contributed by atoms with E-state index in [1.54, 1.807) is 18.0 Å².